The van der Waals surface area contributed by atoms with E-state index in [1.165, 1.54) is 19.3 Å². The Balaban J connectivity index is 2.07. The number of amides is 1. The molecule has 3 nitrogen and oxygen atoms in total. The van der Waals surface area contributed by atoms with E-state index in [2.05, 4.69) is 24.1 Å². The highest BCUT2D eigenvalue weighted by Crippen LogP contribution is 2.24. The van der Waals surface area contributed by atoms with Crippen LogP contribution < -0.4 is 11.1 Å². The summed E-state index contributed by atoms with van der Waals surface area (Å²) in [6.07, 6.45) is 4.68. The lowest BCUT2D eigenvalue weighted by Crippen LogP contribution is -2.41. The summed E-state index contributed by atoms with van der Waals surface area (Å²) in [5.74, 6) is 6.12. The van der Waals surface area contributed by atoms with Gasteiger partial charge < -0.3 is 11.1 Å². The van der Waals surface area contributed by atoms with Crippen LogP contribution in [0.4, 0.5) is 0 Å². The smallest absolute Gasteiger partial charge is 0.251 e. The Kier molecular flexibility index (Phi) is 5.67. The molecule has 112 valence electrons. The number of carbonyl (C=O) groups excluding carboxylic acids is 1. The number of nitrogens with one attached hydrogen (secondary N) is 1. The quantitative estimate of drug-likeness (QED) is 0.825. The third kappa shape index (κ3) is 4.23. The summed E-state index contributed by atoms with van der Waals surface area (Å²) in [6.45, 7) is 2.49. The highest BCUT2D eigenvalue weighted by molar-refractivity contribution is 6.32. The van der Waals surface area contributed by atoms with Crippen LogP contribution in [0.2, 0.25) is 5.02 Å². The molecule has 0 bridgehead atoms. The molecule has 1 saturated carbocycles. The third-order valence-electron chi connectivity index (χ3n) is 3.98. The lowest BCUT2D eigenvalue weighted by molar-refractivity contribution is 0.0910. The molecule has 1 aliphatic rings. The van der Waals surface area contributed by atoms with Crippen LogP contribution >= 0.6 is 11.6 Å². The average molecular weight is 305 g/mol. The van der Waals surface area contributed by atoms with Crippen LogP contribution in [-0.4, -0.2) is 18.5 Å². The normalized spacial score (nSPS) is 21.3. The maximum atomic E-state index is 12.3. The van der Waals surface area contributed by atoms with E-state index in [0.717, 1.165) is 6.42 Å². The van der Waals surface area contributed by atoms with Gasteiger partial charge in [0.05, 0.1) is 11.6 Å². The molecule has 4 heteroatoms. The fourth-order valence-corrected chi connectivity index (χ4v) is 2.91. The molecule has 1 amide bonds. The zero-order valence-corrected chi connectivity index (χ0v) is 13.0. The number of nitrogens with two attached hydrogens (primary N) is 1. The number of hydrogen-bond acceptors (Lipinski definition) is 2. The van der Waals surface area contributed by atoms with E-state index < -0.39 is 0 Å². The number of carbonyl (C=O) groups is 1. The summed E-state index contributed by atoms with van der Waals surface area (Å²) in [7, 11) is 0. The van der Waals surface area contributed by atoms with Crippen molar-refractivity contribution in [2.24, 2.45) is 11.7 Å². The van der Waals surface area contributed by atoms with Gasteiger partial charge in [-0.3, -0.25) is 4.79 Å². The van der Waals surface area contributed by atoms with E-state index in [0.29, 0.717) is 22.1 Å². The minimum absolute atomic E-state index is 0.0611. The lowest BCUT2D eigenvalue weighted by Gasteiger charge is -2.29. The van der Waals surface area contributed by atoms with Gasteiger partial charge in [0.15, 0.2) is 0 Å². The zero-order chi connectivity index (χ0) is 15.2. The second-order valence-electron chi connectivity index (χ2n) is 5.54. The van der Waals surface area contributed by atoms with Gasteiger partial charge in [-0.1, -0.05) is 43.2 Å². The Hall–Kier alpha value is -1.50. The van der Waals surface area contributed by atoms with Crippen LogP contribution in [0.15, 0.2) is 18.2 Å². The molecule has 1 fully saturated rings. The van der Waals surface area contributed by atoms with Gasteiger partial charge in [0.1, 0.15) is 0 Å². The molecule has 2 rings (SSSR count). The van der Waals surface area contributed by atoms with Gasteiger partial charge in [-0.15, -0.1) is 0 Å². The highest BCUT2D eigenvalue weighted by atomic mass is 35.5. The van der Waals surface area contributed by atoms with Crippen LogP contribution in [0.25, 0.3) is 0 Å². The van der Waals surface area contributed by atoms with Crippen LogP contribution in [0.5, 0.6) is 0 Å². The van der Waals surface area contributed by atoms with Crippen molar-refractivity contribution in [2.75, 3.05) is 6.54 Å². The predicted octanol–water partition coefficient (Wildman–Crippen LogP) is 2.96. The van der Waals surface area contributed by atoms with Crippen LogP contribution in [0.3, 0.4) is 0 Å². The van der Waals surface area contributed by atoms with Crippen LogP contribution in [0, 0.1) is 17.8 Å². The molecule has 1 aliphatic carbocycles. The molecule has 1 aromatic rings. The number of hydrogen-bond donors (Lipinski definition) is 2. The van der Waals surface area contributed by atoms with Gasteiger partial charge in [0.2, 0.25) is 0 Å². The summed E-state index contributed by atoms with van der Waals surface area (Å²) in [5.41, 5.74) is 6.62. The molecule has 2 unspecified atom stereocenters. The number of benzene rings is 1. The van der Waals surface area contributed by atoms with E-state index in [4.69, 9.17) is 17.3 Å². The zero-order valence-electron chi connectivity index (χ0n) is 12.3. The Morgan fingerprint density at radius 3 is 2.86 bits per heavy atom. The summed E-state index contributed by atoms with van der Waals surface area (Å²) >= 11 is 6.16. The maximum absolute atomic E-state index is 12.3. The van der Waals surface area contributed by atoms with E-state index in [9.17, 15) is 4.79 Å². The standard InChI is InChI=1S/C17H21ClN2O/c1-12-5-2-3-7-16(12)20-17(21)14-9-8-13(6-4-10-19)15(18)11-14/h8-9,11-12,16H,2-3,5,7,10,19H2,1H3,(H,20,21). The summed E-state index contributed by atoms with van der Waals surface area (Å²) in [5, 5.41) is 3.61. The predicted molar refractivity (Wildman–Crippen MR) is 86.3 cm³/mol. The molecule has 0 spiro atoms. The molecular weight excluding hydrogens is 284 g/mol. The van der Waals surface area contributed by atoms with Crippen molar-refractivity contribution in [3.05, 3.63) is 34.3 Å². The highest BCUT2D eigenvalue weighted by Gasteiger charge is 2.23. The Morgan fingerprint density at radius 2 is 2.19 bits per heavy atom. The molecule has 3 N–H and O–H groups in total. The molecule has 21 heavy (non-hydrogen) atoms. The minimum atomic E-state index is -0.0611. The van der Waals surface area contributed by atoms with E-state index in [-0.39, 0.29) is 18.5 Å². The molecule has 1 aromatic carbocycles. The molecule has 2 atom stereocenters. The maximum Gasteiger partial charge on any atom is 0.251 e. The second-order valence-corrected chi connectivity index (χ2v) is 5.95. The number of rotatable bonds is 2. The van der Waals surface area contributed by atoms with Gasteiger partial charge in [-0.25, -0.2) is 0 Å². The largest absolute Gasteiger partial charge is 0.349 e. The molecule has 0 heterocycles. The first kappa shape index (κ1) is 15.9. The molecule has 0 saturated heterocycles. The van der Waals surface area contributed by atoms with Crippen LogP contribution in [0.1, 0.15) is 48.5 Å². The molecule has 0 radical (unpaired) electrons. The fourth-order valence-electron chi connectivity index (χ4n) is 2.69. The van der Waals surface area contributed by atoms with Crippen LogP contribution in [-0.2, 0) is 0 Å². The third-order valence-corrected chi connectivity index (χ3v) is 4.30. The van der Waals surface area contributed by atoms with Crippen molar-refractivity contribution in [3.8, 4) is 11.8 Å². The first-order chi connectivity index (χ1) is 10.1. The Bertz CT molecular complexity index is 574. The first-order valence-electron chi connectivity index (χ1n) is 7.41. The van der Waals surface area contributed by atoms with Crippen molar-refractivity contribution in [1.82, 2.24) is 5.32 Å². The topological polar surface area (TPSA) is 55.1 Å². The molecular formula is C17H21ClN2O. The van der Waals surface area contributed by atoms with Gasteiger partial charge in [-0.2, -0.15) is 0 Å². The van der Waals surface area contributed by atoms with E-state index in [1.54, 1.807) is 18.2 Å². The summed E-state index contributed by atoms with van der Waals surface area (Å²) < 4.78 is 0. The monoisotopic (exact) mass is 304 g/mol. The van der Waals surface area contributed by atoms with Gasteiger partial charge in [0, 0.05) is 17.2 Å². The van der Waals surface area contributed by atoms with Gasteiger partial charge >= 0.3 is 0 Å². The average Bonchev–Trinajstić information content (AvgIpc) is 2.48. The first-order valence-corrected chi connectivity index (χ1v) is 7.79. The minimum Gasteiger partial charge on any atom is -0.349 e. The van der Waals surface area contributed by atoms with Gasteiger partial charge in [0.25, 0.3) is 5.91 Å². The fraction of sp³-hybridized carbons (Fsp3) is 0.471. The van der Waals surface area contributed by atoms with Crippen molar-refractivity contribution in [3.63, 3.8) is 0 Å². The van der Waals surface area contributed by atoms with E-state index in [1.807, 2.05) is 0 Å². The van der Waals surface area contributed by atoms with Crippen molar-refractivity contribution in [2.45, 2.75) is 38.6 Å². The lowest BCUT2D eigenvalue weighted by atomic mass is 9.86. The summed E-state index contributed by atoms with van der Waals surface area (Å²) in [4.78, 5) is 12.3. The molecule has 0 aromatic heterocycles. The summed E-state index contributed by atoms with van der Waals surface area (Å²) in [6, 6.07) is 5.46. The second kappa shape index (κ2) is 7.49. The SMILES string of the molecule is CC1CCCCC1NC(=O)c1ccc(C#CCN)c(Cl)c1. The van der Waals surface area contributed by atoms with Crippen molar-refractivity contribution >= 4 is 17.5 Å². The van der Waals surface area contributed by atoms with Crippen molar-refractivity contribution < 1.29 is 4.79 Å². The Morgan fingerprint density at radius 1 is 1.43 bits per heavy atom. The Labute approximate surface area is 131 Å². The van der Waals surface area contributed by atoms with Crippen molar-refractivity contribution in [1.29, 1.82) is 0 Å². The van der Waals surface area contributed by atoms with E-state index >= 15 is 0 Å². The van der Waals surface area contributed by atoms with Gasteiger partial charge in [-0.05, 0) is 37.0 Å². The number of halogens is 1. The molecule has 0 aliphatic heterocycles.